The first kappa shape index (κ1) is 22.2. The standard InChI is InChI=1S/C22H21ClFNO4S/c1-3-9-25-21(26)19(30-22(25)27)12-15-10-17(23)20(18(11-15)28-4-2)29-13-14-5-7-16(24)8-6-14/h5-8,10-12H,3-4,9,13H2,1-2H3/b19-12+. The quantitative estimate of drug-likeness (QED) is 0.469. The number of thioether (sulfide) groups is 1. The molecule has 2 amide bonds. The van der Waals surface area contributed by atoms with Crippen molar-refractivity contribution in [1.82, 2.24) is 4.90 Å². The number of hydrogen-bond donors (Lipinski definition) is 0. The fourth-order valence-electron chi connectivity index (χ4n) is 2.88. The van der Waals surface area contributed by atoms with Crippen LogP contribution in [0.4, 0.5) is 9.18 Å². The summed E-state index contributed by atoms with van der Waals surface area (Å²) in [6.07, 6.45) is 2.32. The van der Waals surface area contributed by atoms with Gasteiger partial charge in [-0.25, -0.2) is 4.39 Å². The molecule has 0 spiro atoms. The molecule has 0 aliphatic carbocycles. The Morgan fingerprint density at radius 1 is 1.13 bits per heavy atom. The van der Waals surface area contributed by atoms with Gasteiger partial charge in [-0.1, -0.05) is 30.7 Å². The molecular formula is C22H21ClFNO4S. The molecule has 1 aliphatic rings. The molecule has 2 aromatic rings. The highest BCUT2D eigenvalue weighted by molar-refractivity contribution is 8.18. The van der Waals surface area contributed by atoms with Gasteiger partial charge in [-0.15, -0.1) is 0 Å². The van der Waals surface area contributed by atoms with Crippen LogP contribution in [0.25, 0.3) is 6.08 Å². The van der Waals surface area contributed by atoms with Crippen molar-refractivity contribution in [3.05, 3.63) is 63.3 Å². The van der Waals surface area contributed by atoms with E-state index in [0.717, 1.165) is 17.3 Å². The van der Waals surface area contributed by atoms with Crippen LogP contribution in [0.3, 0.4) is 0 Å². The lowest BCUT2D eigenvalue weighted by molar-refractivity contribution is -0.122. The van der Waals surface area contributed by atoms with Gasteiger partial charge >= 0.3 is 0 Å². The predicted molar refractivity (Wildman–Crippen MR) is 116 cm³/mol. The van der Waals surface area contributed by atoms with E-state index in [2.05, 4.69) is 0 Å². The Kier molecular flexibility index (Phi) is 7.39. The maximum absolute atomic E-state index is 13.1. The summed E-state index contributed by atoms with van der Waals surface area (Å²) < 4.78 is 24.6. The second-order valence-electron chi connectivity index (χ2n) is 6.51. The minimum absolute atomic E-state index is 0.190. The Balaban J connectivity index is 1.85. The Bertz CT molecular complexity index is 978. The third-order valence-corrected chi connectivity index (χ3v) is 5.43. The van der Waals surface area contributed by atoms with E-state index < -0.39 is 0 Å². The van der Waals surface area contributed by atoms with E-state index in [-0.39, 0.29) is 23.6 Å². The first-order valence-corrected chi connectivity index (χ1v) is 10.7. The van der Waals surface area contributed by atoms with Gasteiger partial charge in [0, 0.05) is 6.54 Å². The minimum atomic E-state index is -0.320. The van der Waals surface area contributed by atoms with E-state index >= 15 is 0 Å². The summed E-state index contributed by atoms with van der Waals surface area (Å²) in [6.45, 7) is 4.71. The van der Waals surface area contributed by atoms with E-state index in [0.29, 0.717) is 46.6 Å². The second kappa shape index (κ2) is 10.00. The van der Waals surface area contributed by atoms with E-state index in [4.69, 9.17) is 21.1 Å². The van der Waals surface area contributed by atoms with Crippen molar-refractivity contribution in [1.29, 1.82) is 0 Å². The van der Waals surface area contributed by atoms with Crippen molar-refractivity contribution in [2.75, 3.05) is 13.2 Å². The van der Waals surface area contributed by atoms with Gasteiger partial charge in [0.05, 0.1) is 16.5 Å². The molecule has 0 bridgehead atoms. The summed E-state index contributed by atoms with van der Waals surface area (Å²) in [4.78, 5) is 26.1. The van der Waals surface area contributed by atoms with Gasteiger partial charge in [-0.2, -0.15) is 0 Å². The van der Waals surface area contributed by atoms with Crippen LogP contribution in [0.1, 0.15) is 31.4 Å². The Labute approximate surface area is 183 Å². The zero-order chi connectivity index (χ0) is 21.7. The molecule has 1 fully saturated rings. The first-order chi connectivity index (χ1) is 14.4. The summed E-state index contributed by atoms with van der Waals surface area (Å²) in [7, 11) is 0. The van der Waals surface area contributed by atoms with Gasteiger partial charge in [0.2, 0.25) is 0 Å². The number of amides is 2. The van der Waals surface area contributed by atoms with Crippen molar-refractivity contribution in [2.24, 2.45) is 0 Å². The van der Waals surface area contributed by atoms with Gasteiger partial charge < -0.3 is 9.47 Å². The highest BCUT2D eigenvalue weighted by Crippen LogP contribution is 2.39. The average molecular weight is 450 g/mol. The number of imide groups is 1. The fourth-order valence-corrected chi connectivity index (χ4v) is 4.02. The van der Waals surface area contributed by atoms with Crippen LogP contribution in [-0.2, 0) is 11.4 Å². The van der Waals surface area contributed by atoms with Crippen LogP contribution < -0.4 is 9.47 Å². The molecule has 1 aliphatic heterocycles. The molecule has 0 aromatic heterocycles. The van der Waals surface area contributed by atoms with Gasteiger partial charge in [0.25, 0.3) is 11.1 Å². The van der Waals surface area contributed by atoms with Gasteiger partial charge in [-0.05, 0) is 66.6 Å². The van der Waals surface area contributed by atoms with E-state index in [1.807, 2.05) is 13.8 Å². The number of carbonyl (C=O) groups is 2. The normalized spacial score (nSPS) is 15.2. The number of carbonyl (C=O) groups excluding carboxylic acids is 2. The molecule has 0 saturated carbocycles. The van der Waals surface area contributed by atoms with Gasteiger partial charge in [-0.3, -0.25) is 14.5 Å². The summed E-state index contributed by atoms with van der Waals surface area (Å²) in [5, 5.41) is 0.0329. The molecule has 0 atom stereocenters. The third-order valence-electron chi connectivity index (χ3n) is 4.25. The van der Waals surface area contributed by atoms with Crippen molar-refractivity contribution >= 4 is 40.6 Å². The number of benzene rings is 2. The lowest BCUT2D eigenvalue weighted by Gasteiger charge is -2.15. The van der Waals surface area contributed by atoms with Crippen LogP contribution in [0.15, 0.2) is 41.3 Å². The summed E-state index contributed by atoms with van der Waals surface area (Å²) >= 11 is 7.33. The van der Waals surface area contributed by atoms with E-state index in [1.165, 1.54) is 17.0 Å². The number of nitrogens with zero attached hydrogens (tertiary/aromatic N) is 1. The zero-order valence-corrected chi connectivity index (χ0v) is 18.2. The number of ether oxygens (including phenoxy) is 2. The van der Waals surface area contributed by atoms with Crippen molar-refractivity contribution in [3.8, 4) is 11.5 Å². The number of rotatable bonds is 8. The minimum Gasteiger partial charge on any atom is -0.490 e. The molecule has 0 N–H and O–H groups in total. The van der Waals surface area contributed by atoms with Crippen molar-refractivity contribution < 1.29 is 23.5 Å². The number of hydrogen-bond acceptors (Lipinski definition) is 5. The maximum Gasteiger partial charge on any atom is 0.293 e. The fraction of sp³-hybridized carbons (Fsp3) is 0.273. The maximum atomic E-state index is 13.1. The highest BCUT2D eigenvalue weighted by atomic mass is 35.5. The van der Waals surface area contributed by atoms with E-state index in [1.54, 1.807) is 30.3 Å². The SMILES string of the molecule is CCCN1C(=O)S/C(=C/c2cc(Cl)c(OCc3ccc(F)cc3)c(OCC)c2)C1=O. The summed E-state index contributed by atoms with van der Waals surface area (Å²) in [5.41, 5.74) is 1.41. The molecule has 30 heavy (non-hydrogen) atoms. The topological polar surface area (TPSA) is 55.8 Å². The Hall–Kier alpha value is -2.51. The first-order valence-electron chi connectivity index (χ1n) is 9.51. The zero-order valence-electron chi connectivity index (χ0n) is 16.6. The third kappa shape index (κ3) is 5.15. The van der Waals surface area contributed by atoms with Crippen LogP contribution in [0.5, 0.6) is 11.5 Å². The average Bonchev–Trinajstić information content (AvgIpc) is 2.97. The molecule has 2 aromatic carbocycles. The van der Waals surface area contributed by atoms with Crippen LogP contribution >= 0.6 is 23.4 Å². The second-order valence-corrected chi connectivity index (χ2v) is 7.91. The number of halogens is 2. The molecular weight excluding hydrogens is 429 g/mol. The van der Waals surface area contributed by atoms with Gasteiger partial charge in [0.1, 0.15) is 12.4 Å². The van der Waals surface area contributed by atoms with Crippen LogP contribution in [0, 0.1) is 5.82 Å². The molecule has 8 heteroatoms. The Morgan fingerprint density at radius 3 is 2.53 bits per heavy atom. The lowest BCUT2D eigenvalue weighted by Crippen LogP contribution is -2.28. The van der Waals surface area contributed by atoms with Gasteiger partial charge in [0.15, 0.2) is 11.5 Å². The molecule has 1 heterocycles. The molecule has 3 rings (SSSR count). The predicted octanol–water partition coefficient (Wildman–Crippen LogP) is 5.90. The monoisotopic (exact) mass is 449 g/mol. The molecule has 1 saturated heterocycles. The smallest absolute Gasteiger partial charge is 0.293 e. The van der Waals surface area contributed by atoms with Crippen LogP contribution in [0.2, 0.25) is 5.02 Å². The molecule has 158 valence electrons. The largest absolute Gasteiger partial charge is 0.490 e. The molecule has 0 radical (unpaired) electrons. The van der Waals surface area contributed by atoms with E-state index in [9.17, 15) is 14.0 Å². The van der Waals surface area contributed by atoms with Crippen molar-refractivity contribution in [3.63, 3.8) is 0 Å². The summed E-state index contributed by atoms with van der Waals surface area (Å²) in [6, 6.07) is 9.34. The molecule has 5 nitrogen and oxygen atoms in total. The van der Waals surface area contributed by atoms with Crippen LogP contribution in [-0.4, -0.2) is 29.2 Å². The lowest BCUT2D eigenvalue weighted by atomic mass is 10.1. The highest BCUT2D eigenvalue weighted by Gasteiger charge is 2.34. The summed E-state index contributed by atoms with van der Waals surface area (Å²) in [5.74, 6) is 0.155. The van der Waals surface area contributed by atoms with Crippen molar-refractivity contribution in [2.45, 2.75) is 26.9 Å². The Morgan fingerprint density at radius 2 is 1.87 bits per heavy atom. The molecule has 0 unspecified atom stereocenters.